The van der Waals surface area contributed by atoms with Crippen LogP contribution in [0.25, 0.3) is 11.3 Å². The van der Waals surface area contributed by atoms with E-state index in [0.717, 1.165) is 30.1 Å². The molecule has 26 heavy (non-hydrogen) atoms. The number of nitrogens with zero attached hydrogens (tertiary/aromatic N) is 4. The number of rotatable bonds is 6. The van der Waals surface area contributed by atoms with E-state index in [2.05, 4.69) is 35.7 Å². The lowest BCUT2D eigenvalue weighted by molar-refractivity contribution is 0.102. The van der Waals surface area contributed by atoms with E-state index in [0.29, 0.717) is 11.4 Å². The Morgan fingerprint density at radius 3 is 2.92 bits per heavy atom. The molecule has 0 spiro atoms. The number of carbonyl (C=O) groups excluding carboxylic acids is 1. The predicted octanol–water partition coefficient (Wildman–Crippen LogP) is 2.96. The van der Waals surface area contributed by atoms with Crippen LogP contribution in [0, 0.1) is 5.92 Å². The van der Waals surface area contributed by atoms with Crippen LogP contribution in [0.3, 0.4) is 0 Å². The van der Waals surface area contributed by atoms with E-state index >= 15 is 0 Å². The van der Waals surface area contributed by atoms with Gasteiger partial charge in [-0.15, -0.1) is 5.10 Å². The molecule has 0 unspecified atom stereocenters. The third kappa shape index (κ3) is 3.79. The van der Waals surface area contributed by atoms with Gasteiger partial charge in [-0.3, -0.25) is 25.3 Å². The quantitative estimate of drug-likeness (QED) is 0.632. The first-order chi connectivity index (χ1) is 12.8. The van der Waals surface area contributed by atoms with Crippen molar-refractivity contribution in [3.63, 3.8) is 0 Å². The second-order valence-corrected chi connectivity index (χ2v) is 6.66. The fourth-order valence-corrected chi connectivity index (χ4v) is 3.37. The van der Waals surface area contributed by atoms with Gasteiger partial charge in [0.15, 0.2) is 0 Å². The van der Waals surface area contributed by atoms with Crippen molar-refractivity contribution < 1.29 is 4.79 Å². The number of aromatic amines is 2. The van der Waals surface area contributed by atoms with Crippen LogP contribution in [0.15, 0.2) is 30.6 Å². The van der Waals surface area contributed by atoms with Gasteiger partial charge in [-0.05, 0) is 30.5 Å². The molecule has 3 heterocycles. The molecule has 1 aliphatic carbocycles. The smallest absolute Gasteiger partial charge is 0.276 e. The summed E-state index contributed by atoms with van der Waals surface area (Å²) in [7, 11) is 0. The second kappa shape index (κ2) is 7.47. The Bertz CT molecular complexity index is 865. The summed E-state index contributed by atoms with van der Waals surface area (Å²) < 4.78 is 0. The lowest BCUT2D eigenvalue weighted by atomic mass is 10.0. The fourth-order valence-electron chi connectivity index (χ4n) is 3.37. The van der Waals surface area contributed by atoms with Crippen molar-refractivity contribution in [2.24, 2.45) is 5.92 Å². The minimum Gasteiger partial charge on any atom is -0.288 e. The minimum absolute atomic E-state index is 0.286. The van der Waals surface area contributed by atoms with Gasteiger partial charge >= 0.3 is 0 Å². The zero-order valence-electron chi connectivity index (χ0n) is 14.4. The van der Waals surface area contributed by atoms with Gasteiger partial charge in [0.25, 0.3) is 5.91 Å². The average molecular weight is 351 g/mol. The van der Waals surface area contributed by atoms with Crippen LogP contribution in [0.5, 0.6) is 0 Å². The van der Waals surface area contributed by atoms with Gasteiger partial charge < -0.3 is 0 Å². The van der Waals surface area contributed by atoms with Crippen LogP contribution >= 0.6 is 0 Å². The van der Waals surface area contributed by atoms with E-state index in [-0.39, 0.29) is 11.9 Å². The molecule has 0 radical (unpaired) electrons. The number of hydrogen-bond acceptors (Lipinski definition) is 5. The lowest BCUT2D eigenvalue weighted by Crippen LogP contribution is -2.13. The zero-order chi connectivity index (χ0) is 17.8. The van der Waals surface area contributed by atoms with E-state index in [1.54, 1.807) is 18.5 Å². The van der Waals surface area contributed by atoms with E-state index in [9.17, 15) is 4.79 Å². The number of nitrogens with one attached hydrogen (secondary N) is 3. The molecule has 1 amide bonds. The summed E-state index contributed by atoms with van der Waals surface area (Å²) in [6.45, 7) is 0. The molecule has 0 aliphatic heterocycles. The highest BCUT2D eigenvalue weighted by molar-refractivity contribution is 6.02. The predicted molar refractivity (Wildman–Crippen MR) is 96.4 cm³/mol. The SMILES string of the molecule is O=C(Nc1n[nH]c(CCC2CCCC2)n1)c1cc(-c2cccnc2)n[nH]1. The Morgan fingerprint density at radius 2 is 2.12 bits per heavy atom. The van der Waals surface area contributed by atoms with Crippen LogP contribution in [0.4, 0.5) is 5.95 Å². The van der Waals surface area contributed by atoms with Gasteiger partial charge in [0.2, 0.25) is 5.95 Å². The standard InChI is InChI=1S/C18H21N7O/c26-17(15-10-14(22-23-15)13-6-3-9-19-11-13)21-18-20-16(24-25-18)8-7-12-4-1-2-5-12/h3,6,9-12H,1-2,4-5,7-8H2,(H,22,23)(H2,20,21,24,25,26). The molecule has 0 atom stereocenters. The van der Waals surface area contributed by atoms with Crippen molar-refractivity contribution in [2.75, 3.05) is 5.32 Å². The van der Waals surface area contributed by atoms with Crippen LogP contribution < -0.4 is 5.32 Å². The Morgan fingerprint density at radius 1 is 1.23 bits per heavy atom. The summed E-state index contributed by atoms with van der Waals surface area (Å²) in [6.07, 6.45) is 10.7. The summed E-state index contributed by atoms with van der Waals surface area (Å²) >= 11 is 0. The Balaban J connectivity index is 1.35. The number of aromatic nitrogens is 6. The summed E-state index contributed by atoms with van der Waals surface area (Å²) in [5.74, 6) is 1.57. The second-order valence-electron chi connectivity index (χ2n) is 6.66. The van der Waals surface area contributed by atoms with Crippen molar-refractivity contribution in [2.45, 2.75) is 38.5 Å². The Labute approximate surface area is 150 Å². The van der Waals surface area contributed by atoms with Gasteiger partial charge in [0, 0.05) is 24.4 Å². The van der Waals surface area contributed by atoms with Crippen LogP contribution in [0.2, 0.25) is 0 Å². The maximum Gasteiger partial charge on any atom is 0.276 e. The molecule has 0 aromatic carbocycles. The maximum atomic E-state index is 12.3. The van der Waals surface area contributed by atoms with Crippen molar-refractivity contribution >= 4 is 11.9 Å². The molecule has 8 nitrogen and oxygen atoms in total. The summed E-state index contributed by atoms with van der Waals surface area (Å²) in [4.78, 5) is 20.8. The number of anilines is 1. The molecule has 3 aromatic rings. The fraction of sp³-hybridized carbons (Fsp3) is 0.389. The molecule has 0 bridgehead atoms. The molecule has 8 heteroatoms. The Kier molecular flexibility index (Phi) is 4.72. The largest absolute Gasteiger partial charge is 0.288 e. The van der Waals surface area contributed by atoms with Crippen molar-refractivity contribution in [3.8, 4) is 11.3 Å². The molecule has 0 saturated heterocycles. The average Bonchev–Trinajstić information content (AvgIpc) is 3.42. The molecular formula is C18H21N7O. The van der Waals surface area contributed by atoms with Gasteiger partial charge in [-0.25, -0.2) is 0 Å². The van der Waals surface area contributed by atoms with Gasteiger partial charge in [0.05, 0.1) is 5.69 Å². The zero-order valence-corrected chi connectivity index (χ0v) is 14.4. The van der Waals surface area contributed by atoms with Crippen LogP contribution in [-0.2, 0) is 6.42 Å². The van der Waals surface area contributed by atoms with Crippen LogP contribution in [-0.4, -0.2) is 36.3 Å². The third-order valence-corrected chi connectivity index (χ3v) is 4.80. The van der Waals surface area contributed by atoms with E-state index in [1.807, 2.05) is 12.1 Å². The summed E-state index contributed by atoms with van der Waals surface area (Å²) in [5.41, 5.74) is 1.85. The van der Waals surface area contributed by atoms with E-state index < -0.39 is 0 Å². The van der Waals surface area contributed by atoms with Crippen molar-refractivity contribution in [1.82, 2.24) is 30.4 Å². The number of hydrogen-bond donors (Lipinski definition) is 3. The first-order valence-electron chi connectivity index (χ1n) is 8.96. The van der Waals surface area contributed by atoms with Gasteiger partial charge in [0.1, 0.15) is 11.5 Å². The number of amides is 1. The molecule has 1 aliphatic rings. The van der Waals surface area contributed by atoms with Gasteiger partial charge in [-0.2, -0.15) is 10.1 Å². The maximum absolute atomic E-state index is 12.3. The van der Waals surface area contributed by atoms with E-state index in [1.165, 1.54) is 25.7 Å². The third-order valence-electron chi connectivity index (χ3n) is 4.80. The summed E-state index contributed by atoms with van der Waals surface area (Å²) in [6, 6.07) is 5.39. The number of H-pyrrole nitrogens is 2. The monoisotopic (exact) mass is 351 g/mol. The highest BCUT2D eigenvalue weighted by Crippen LogP contribution is 2.28. The lowest BCUT2D eigenvalue weighted by Gasteiger charge is -2.05. The van der Waals surface area contributed by atoms with Crippen molar-refractivity contribution in [3.05, 3.63) is 42.1 Å². The summed E-state index contributed by atoms with van der Waals surface area (Å²) in [5, 5.41) is 16.6. The number of carbonyl (C=O) groups is 1. The highest BCUT2D eigenvalue weighted by Gasteiger charge is 2.17. The van der Waals surface area contributed by atoms with Gasteiger partial charge in [-0.1, -0.05) is 25.7 Å². The Hall–Kier alpha value is -3.03. The van der Waals surface area contributed by atoms with Crippen LogP contribution in [0.1, 0.15) is 48.4 Å². The molecular weight excluding hydrogens is 330 g/mol. The molecule has 3 N–H and O–H groups in total. The minimum atomic E-state index is -0.325. The molecule has 3 aromatic heterocycles. The molecule has 1 saturated carbocycles. The first-order valence-corrected chi connectivity index (χ1v) is 8.96. The molecule has 1 fully saturated rings. The molecule has 4 rings (SSSR count). The normalized spacial score (nSPS) is 14.6. The topological polar surface area (TPSA) is 112 Å². The first kappa shape index (κ1) is 16.4. The van der Waals surface area contributed by atoms with E-state index in [4.69, 9.17) is 0 Å². The number of pyridine rings is 1. The molecule has 134 valence electrons. The highest BCUT2D eigenvalue weighted by atomic mass is 16.2. The van der Waals surface area contributed by atoms with Crippen molar-refractivity contribution in [1.29, 1.82) is 0 Å². The number of aryl methyl sites for hydroxylation is 1.